The largest absolute Gasteiger partial charge is 0.465 e. The zero-order chi connectivity index (χ0) is 20.6. The van der Waals surface area contributed by atoms with E-state index in [0.717, 1.165) is 4.57 Å². The van der Waals surface area contributed by atoms with Gasteiger partial charge in [-0.25, -0.2) is 18.6 Å². The molecule has 0 fully saturated rings. The van der Waals surface area contributed by atoms with Gasteiger partial charge in [-0.1, -0.05) is 29.8 Å². The summed E-state index contributed by atoms with van der Waals surface area (Å²) in [6.45, 7) is 3.17. The minimum Gasteiger partial charge on any atom is -0.465 e. The maximum absolute atomic E-state index is 13.3. The Hall–Kier alpha value is -3.00. The van der Waals surface area contributed by atoms with Crippen LogP contribution in [0.2, 0.25) is 5.02 Å². The molecule has 0 saturated carbocycles. The molecule has 3 aromatic rings. The molecule has 0 aliphatic rings. The van der Waals surface area contributed by atoms with Crippen LogP contribution in [0.3, 0.4) is 0 Å². The number of benzene rings is 2. The number of fused-ring (bicyclic) bond motifs is 1. The van der Waals surface area contributed by atoms with E-state index in [9.17, 15) is 18.4 Å². The fourth-order valence-electron chi connectivity index (χ4n) is 2.98. The van der Waals surface area contributed by atoms with Gasteiger partial charge >= 0.3 is 6.09 Å². The van der Waals surface area contributed by atoms with Crippen LogP contribution in [0.4, 0.5) is 13.6 Å². The molecule has 1 aromatic heterocycles. The highest BCUT2D eigenvalue weighted by atomic mass is 35.5. The predicted octanol–water partition coefficient (Wildman–Crippen LogP) is 4.61. The highest BCUT2D eigenvalue weighted by Crippen LogP contribution is 2.27. The third-order valence-electron chi connectivity index (χ3n) is 4.33. The highest BCUT2D eigenvalue weighted by molar-refractivity contribution is 6.35. The Morgan fingerprint density at radius 1 is 1.29 bits per heavy atom. The first-order chi connectivity index (χ1) is 13.2. The number of aryl methyl sites for hydroxylation is 1. The van der Waals surface area contributed by atoms with Gasteiger partial charge in [-0.15, -0.1) is 0 Å². The summed E-state index contributed by atoms with van der Waals surface area (Å²) in [4.78, 5) is 28.8. The van der Waals surface area contributed by atoms with Crippen molar-refractivity contribution in [3.05, 3.63) is 68.7 Å². The van der Waals surface area contributed by atoms with Gasteiger partial charge in [0.15, 0.2) is 0 Å². The zero-order valence-corrected chi connectivity index (χ0v) is 15.7. The lowest BCUT2D eigenvalue weighted by atomic mass is 10.1. The average molecular weight is 408 g/mol. The molecule has 2 N–H and O–H groups in total. The Balaban J connectivity index is 2.41. The van der Waals surface area contributed by atoms with Gasteiger partial charge in [0.2, 0.25) is 0 Å². The van der Waals surface area contributed by atoms with Crippen molar-refractivity contribution in [2.24, 2.45) is 0 Å². The van der Waals surface area contributed by atoms with Crippen LogP contribution in [0.1, 0.15) is 36.3 Å². The van der Waals surface area contributed by atoms with Crippen molar-refractivity contribution >= 4 is 28.6 Å². The first-order valence-corrected chi connectivity index (χ1v) is 8.68. The molecule has 2 aromatic carbocycles. The Morgan fingerprint density at radius 3 is 2.64 bits per heavy atom. The van der Waals surface area contributed by atoms with Crippen molar-refractivity contribution in [3.8, 4) is 5.69 Å². The Kier molecular flexibility index (Phi) is 5.33. The second-order valence-electron chi connectivity index (χ2n) is 6.26. The molecular formula is C19H16ClF2N3O3. The molecule has 6 nitrogen and oxygen atoms in total. The molecule has 1 heterocycles. The summed E-state index contributed by atoms with van der Waals surface area (Å²) in [5, 5.41) is 11.6. The van der Waals surface area contributed by atoms with Crippen molar-refractivity contribution in [1.82, 2.24) is 14.9 Å². The van der Waals surface area contributed by atoms with Gasteiger partial charge in [-0.2, -0.15) is 0 Å². The quantitative estimate of drug-likeness (QED) is 0.661. The van der Waals surface area contributed by atoms with Gasteiger partial charge in [-0.3, -0.25) is 9.36 Å². The molecule has 0 saturated heterocycles. The molecule has 28 heavy (non-hydrogen) atoms. The average Bonchev–Trinajstić information content (AvgIpc) is 2.61. The minimum atomic E-state index is -2.73. The molecule has 3 rings (SSSR count). The maximum Gasteiger partial charge on any atom is 0.405 e. The molecule has 0 spiro atoms. The topological polar surface area (TPSA) is 84.2 Å². The number of carboxylic acid groups (broad SMARTS) is 1. The van der Waals surface area contributed by atoms with Gasteiger partial charge in [0.05, 0.1) is 27.7 Å². The summed E-state index contributed by atoms with van der Waals surface area (Å²) >= 11 is 6.18. The molecule has 0 bridgehead atoms. The summed E-state index contributed by atoms with van der Waals surface area (Å²) in [5.41, 5.74) is 0.177. The van der Waals surface area contributed by atoms with Crippen molar-refractivity contribution in [1.29, 1.82) is 0 Å². The van der Waals surface area contributed by atoms with E-state index >= 15 is 0 Å². The van der Waals surface area contributed by atoms with Crippen molar-refractivity contribution < 1.29 is 18.7 Å². The van der Waals surface area contributed by atoms with Crippen molar-refractivity contribution in [2.75, 3.05) is 0 Å². The van der Waals surface area contributed by atoms with E-state index in [1.807, 2.05) is 0 Å². The van der Waals surface area contributed by atoms with Crippen LogP contribution in [0.25, 0.3) is 16.6 Å². The molecule has 0 aliphatic heterocycles. The number of nitrogens with zero attached hydrogens (tertiary/aromatic N) is 2. The fraction of sp³-hybridized carbons (Fsp3) is 0.211. The number of nitrogens with one attached hydrogen (secondary N) is 1. The summed E-state index contributed by atoms with van der Waals surface area (Å²) in [7, 11) is 0. The maximum atomic E-state index is 13.3. The second-order valence-corrected chi connectivity index (χ2v) is 6.67. The number of halogens is 3. The molecule has 146 valence electrons. The predicted molar refractivity (Wildman–Crippen MR) is 102 cm³/mol. The first-order valence-electron chi connectivity index (χ1n) is 8.30. The number of hydrogen-bond donors (Lipinski definition) is 2. The van der Waals surface area contributed by atoms with Crippen LogP contribution in [-0.2, 0) is 0 Å². The van der Waals surface area contributed by atoms with Gasteiger partial charge < -0.3 is 10.4 Å². The lowest BCUT2D eigenvalue weighted by molar-refractivity contribution is 0.151. The standard InChI is InChI=1S/C19H16ClF2N3O3/c1-9-6-7-11(16(21)22)8-14(9)25-17(10(2)23-19(27)28)24-13-5-3-4-12(20)15(13)18(25)26/h3-8,10,16,23H,1-2H3,(H,27,28). The van der Waals surface area contributed by atoms with E-state index in [1.165, 1.54) is 31.2 Å². The van der Waals surface area contributed by atoms with Gasteiger partial charge in [-0.05, 0) is 37.6 Å². The SMILES string of the molecule is Cc1ccc(C(F)F)cc1-n1c(C(C)NC(=O)O)nc2cccc(Cl)c2c1=O. The molecular weight excluding hydrogens is 392 g/mol. The molecule has 1 unspecified atom stereocenters. The van der Waals surface area contributed by atoms with Crippen molar-refractivity contribution in [3.63, 3.8) is 0 Å². The first kappa shape index (κ1) is 19.8. The van der Waals surface area contributed by atoms with Crippen LogP contribution in [-0.4, -0.2) is 20.8 Å². The van der Waals surface area contributed by atoms with E-state index in [4.69, 9.17) is 16.7 Å². The van der Waals surface area contributed by atoms with Crippen LogP contribution in [0.5, 0.6) is 0 Å². The second kappa shape index (κ2) is 7.55. The third kappa shape index (κ3) is 3.55. The van der Waals surface area contributed by atoms with Crippen molar-refractivity contribution in [2.45, 2.75) is 26.3 Å². The van der Waals surface area contributed by atoms with E-state index in [0.29, 0.717) is 5.56 Å². The molecule has 0 aliphatic carbocycles. The lowest BCUT2D eigenvalue weighted by Gasteiger charge is -2.20. The highest BCUT2D eigenvalue weighted by Gasteiger charge is 2.22. The number of rotatable bonds is 4. The summed E-state index contributed by atoms with van der Waals surface area (Å²) < 4.78 is 27.6. The molecule has 9 heteroatoms. The third-order valence-corrected chi connectivity index (χ3v) is 4.64. The fourth-order valence-corrected chi connectivity index (χ4v) is 3.23. The number of alkyl halides is 2. The Bertz CT molecular complexity index is 1130. The number of amides is 1. The Morgan fingerprint density at radius 2 is 2.00 bits per heavy atom. The molecule has 1 amide bonds. The minimum absolute atomic E-state index is 0.0664. The van der Waals surface area contributed by atoms with Crippen LogP contribution in [0, 0.1) is 6.92 Å². The Labute approximate surface area is 163 Å². The number of carbonyl (C=O) groups is 1. The van der Waals surface area contributed by atoms with Gasteiger partial charge in [0.25, 0.3) is 12.0 Å². The monoisotopic (exact) mass is 407 g/mol. The van der Waals surface area contributed by atoms with E-state index in [-0.39, 0.29) is 33.0 Å². The molecule has 0 radical (unpaired) electrons. The summed E-state index contributed by atoms with van der Waals surface area (Å²) in [5.74, 6) is 0.0664. The lowest BCUT2D eigenvalue weighted by Crippen LogP contribution is -2.32. The number of aromatic nitrogens is 2. The zero-order valence-electron chi connectivity index (χ0n) is 14.9. The number of hydrogen-bond acceptors (Lipinski definition) is 3. The van der Waals surface area contributed by atoms with Crippen LogP contribution in [0.15, 0.2) is 41.2 Å². The van der Waals surface area contributed by atoms with E-state index in [1.54, 1.807) is 19.1 Å². The van der Waals surface area contributed by atoms with Crippen LogP contribution >= 0.6 is 11.6 Å². The van der Waals surface area contributed by atoms with E-state index in [2.05, 4.69) is 10.3 Å². The molecule has 1 atom stereocenters. The summed E-state index contributed by atoms with van der Waals surface area (Å²) in [6.07, 6.45) is -4.04. The van der Waals surface area contributed by atoms with Gasteiger partial charge in [0, 0.05) is 5.56 Å². The van der Waals surface area contributed by atoms with E-state index < -0.39 is 24.1 Å². The summed E-state index contributed by atoms with van der Waals surface area (Å²) in [6, 6.07) is 7.77. The van der Waals surface area contributed by atoms with Gasteiger partial charge in [0.1, 0.15) is 5.82 Å². The normalized spacial score (nSPS) is 12.4. The van der Waals surface area contributed by atoms with Crippen LogP contribution < -0.4 is 10.9 Å². The smallest absolute Gasteiger partial charge is 0.405 e.